The van der Waals surface area contributed by atoms with E-state index in [2.05, 4.69) is 15.3 Å². The number of rotatable bonds is 8. The van der Waals surface area contributed by atoms with Crippen LogP contribution in [0.1, 0.15) is 6.42 Å². The van der Waals surface area contributed by atoms with Crippen molar-refractivity contribution in [3.8, 4) is 5.88 Å². The van der Waals surface area contributed by atoms with Crippen LogP contribution >= 0.6 is 35.0 Å². The molecule has 4 nitrogen and oxygen atoms in total. The molecule has 0 saturated carbocycles. The van der Waals surface area contributed by atoms with Crippen molar-refractivity contribution in [2.75, 3.05) is 36.4 Å². The summed E-state index contributed by atoms with van der Waals surface area (Å²) in [5.74, 6) is 3.33. The number of halogens is 2. The number of hydrogen-bond acceptors (Lipinski definition) is 5. The third kappa shape index (κ3) is 4.40. The minimum Gasteiger partial charge on any atom is -0.481 e. The van der Waals surface area contributed by atoms with Gasteiger partial charge in [0.25, 0.3) is 0 Å². The first-order chi connectivity index (χ1) is 12.2. The first kappa shape index (κ1) is 18.4. The summed E-state index contributed by atoms with van der Waals surface area (Å²) in [5, 5.41) is 5.21. The van der Waals surface area contributed by atoms with Crippen molar-refractivity contribution in [2.45, 2.75) is 6.42 Å². The van der Waals surface area contributed by atoms with E-state index in [4.69, 9.17) is 27.9 Å². The number of aromatic nitrogens is 2. The van der Waals surface area contributed by atoms with Gasteiger partial charge < -0.3 is 10.1 Å². The monoisotopic (exact) mass is 395 g/mol. The van der Waals surface area contributed by atoms with Crippen LogP contribution < -0.4 is 10.1 Å². The normalized spacial score (nSPS) is 11.2. The molecule has 0 amide bonds. The van der Waals surface area contributed by atoms with Crippen molar-refractivity contribution < 1.29 is 4.74 Å². The molecule has 0 bridgehead atoms. The Morgan fingerprint density at radius 2 is 2.00 bits per heavy atom. The Balaban J connectivity index is 1.95. The highest BCUT2D eigenvalue weighted by molar-refractivity contribution is 7.99. The van der Waals surface area contributed by atoms with Crippen LogP contribution in [0, 0.1) is 0 Å². The Labute approximate surface area is 161 Å². The molecule has 1 N–H and O–H groups in total. The van der Waals surface area contributed by atoms with E-state index in [1.54, 1.807) is 7.11 Å². The van der Waals surface area contributed by atoms with Crippen LogP contribution in [-0.2, 0) is 0 Å². The maximum absolute atomic E-state index is 6.14. The molecule has 2 aromatic heterocycles. The summed E-state index contributed by atoms with van der Waals surface area (Å²) in [7, 11) is 1.61. The summed E-state index contributed by atoms with van der Waals surface area (Å²) in [6, 6.07) is 9.47. The zero-order chi connectivity index (χ0) is 17.6. The third-order valence-corrected chi connectivity index (χ3v) is 5.47. The van der Waals surface area contributed by atoms with E-state index in [9.17, 15) is 0 Å². The van der Waals surface area contributed by atoms with Gasteiger partial charge >= 0.3 is 0 Å². The third-order valence-electron chi connectivity index (χ3n) is 3.75. The minimum absolute atomic E-state index is 0.573. The Bertz CT molecular complexity index is 876. The van der Waals surface area contributed by atoms with Gasteiger partial charge in [0.2, 0.25) is 5.88 Å². The second-order valence-corrected chi connectivity index (χ2v) is 7.49. The van der Waals surface area contributed by atoms with Crippen LogP contribution in [0.15, 0.2) is 30.3 Å². The topological polar surface area (TPSA) is 47.0 Å². The Kier molecular flexibility index (Phi) is 6.45. The predicted octanol–water partition coefficient (Wildman–Crippen LogP) is 5.22. The molecule has 0 aliphatic rings. The highest BCUT2D eigenvalue weighted by Crippen LogP contribution is 2.32. The summed E-state index contributed by atoms with van der Waals surface area (Å²) >= 11 is 13.7. The lowest BCUT2D eigenvalue weighted by Crippen LogP contribution is -2.06. The van der Waals surface area contributed by atoms with E-state index in [0.717, 1.165) is 52.1 Å². The van der Waals surface area contributed by atoms with Gasteiger partial charge in [-0.05, 0) is 36.4 Å². The average Bonchev–Trinajstić information content (AvgIpc) is 2.63. The van der Waals surface area contributed by atoms with Gasteiger partial charge in [-0.25, -0.2) is 9.97 Å². The number of thioether (sulfide) groups is 1. The maximum Gasteiger partial charge on any atom is 0.213 e. The summed E-state index contributed by atoms with van der Waals surface area (Å²) in [6.07, 6.45) is 1.05. The summed E-state index contributed by atoms with van der Waals surface area (Å²) in [5.41, 5.74) is 3.45. The number of pyridine rings is 2. The van der Waals surface area contributed by atoms with E-state index in [1.165, 1.54) is 0 Å². The van der Waals surface area contributed by atoms with Gasteiger partial charge in [0.05, 0.1) is 23.8 Å². The van der Waals surface area contributed by atoms with Crippen LogP contribution in [0.25, 0.3) is 21.9 Å². The molecular formula is C18H19Cl2N3OS. The molecule has 0 unspecified atom stereocenters. The van der Waals surface area contributed by atoms with Crippen molar-refractivity contribution in [2.24, 2.45) is 0 Å². The average molecular weight is 396 g/mol. The molecule has 0 fully saturated rings. The van der Waals surface area contributed by atoms with Gasteiger partial charge in [-0.1, -0.05) is 11.6 Å². The number of alkyl halides is 1. The minimum atomic E-state index is 0.573. The van der Waals surface area contributed by atoms with Crippen LogP contribution in [0.3, 0.4) is 0 Å². The highest BCUT2D eigenvalue weighted by atomic mass is 35.5. The van der Waals surface area contributed by atoms with Gasteiger partial charge in [-0.15, -0.1) is 11.6 Å². The van der Waals surface area contributed by atoms with E-state index in [0.29, 0.717) is 16.8 Å². The maximum atomic E-state index is 6.14. The number of ether oxygens (including phenoxy) is 1. The molecule has 3 aromatic rings. The molecule has 0 aliphatic carbocycles. The SMILES string of the molecule is COc1ccc2nc3cc(Cl)ccc3c(NCCCSCCCl)c2n1. The molecule has 25 heavy (non-hydrogen) atoms. The Morgan fingerprint density at radius 1 is 1.12 bits per heavy atom. The molecular weight excluding hydrogens is 377 g/mol. The van der Waals surface area contributed by atoms with E-state index in [-0.39, 0.29) is 0 Å². The number of anilines is 1. The fourth-order valence-electron chi connectivity index (χ4n) is 2.61. The van der Waals surface area contributed by atoms with Gasteiger partial charge in [-0.2, -0.15) is 11.8 Å². The number of fused-ring (bicyclic) bond motifs is 2. The molecule has 2 heterocycles. The number of nitrogens with zero attached hydrogens (tertiary/aromatic N) is 2. The molecule has 0 atom stereocenters. The predicted molar refractivity (Wildman–Crippen MR) is 110 cm³/mol. The van der Waals surface area contributed by atoms with Crippen LogP contribution in [0.4, 0.5) is 5.69 Å². The second kappa shape index (κ2) is 8.79. The quantitative estimate of drug-likeness (QED) is 0.321. The lowest BCUT2D eigenvalue weighted by molar-refractivity contribution is 0.399. The summed E-state index contributed by atoms with van der Waals surface area (Å²) in [6.45, 7) is 0.852. The van der Waals surface area contributed by atoms with E-state index >= 15 is 0 Å². The van der Waals surface area contributed by atoms with Crippen LogP contribution in [-0.4, -0.2) is 41.0 Å². The van der Waals surface area contributed by atoms with Crippen molar-refractivity contribution >= 4 is 62.6 Å². The van der Waals surface area contributed by atoms with E-state index < -0.39 is 0 Å². The van der Waals surface area contributed by atoms with E-state index in [1.807, 2.05) is 42.1 Å². The number of nitrogens with one attached hydrogen (secondary N) is 1. The number of hydrogen-bond donors (Lipinski definition) is 1. The fraction of sp³-hybridized carbons (Fsp3) is 0.333. The molecule has 3 rings (SSSR count). The van der Waals surface area contributed by atoms with Crippen molar-refractivity contribution in [1.82, 2.24) is 9.97 Å². The first-order valence-electron chi connectivity index (χ1n) is 8.04. The van der Waals surface area contributed by atoms with Crippen LogP contribution in [0.5, 0.6) is 5.88 Å². The zero-order valence-corrected chi connectivity index (χ0v) is 16.2. The van der Waals surface area contributed by atoms with Crippen molar-refractivity contribution in [1.29, 1.82) is 0 Å². The molecule has 0 saturated heterocycles. The zero-order valence-electron chi connectivity index (χ0n) is 13.9. The molecule has 0 radical (unpaired) electrons. The summed E-state index contributed by atoms with van der Waals surface area (Å²) in [4.78, 5) is 9.27. The number of benzene rings is 1. The van der Waals surface area contributed by atoms with Crippen LogP contribution in [0.2, 0.25) is 5.02 Å². The van der Waals surface area contributed by atoms with Gasteiger partial charge in [0.1, 0.15) is 5.52 Å². The lowest BCUT2D eigenvalue weighted by Gasteiger charge is -2.13. The van der Waals surface area contributed by atoms with Crippen molar-refractivity contribution in [3.05, 3.63) is 35.4 Å². The van der Waals surface area contributed by atoms with Crippen molar-refractivity contribution in [3.63, 3.8) is 0 Å². The molecule has 132 valence electrons. The van der Waals surface area contributed by atoms with Gasteiger partial charge in [-0.3, -0.25) is 0 Å². The molecule has 1 aromatic carbocycles. The highest BCUT2D eigenvalue weighted by Gasteiger charge is 2.12. The smallest absolute Gasteiger partial charge is 0.213 e. The first-order valence-corrected chi connectivity index (χ1v) is 10.1. The summed E-state index contributed by atoms with van der Waals surface area (Å²) < 4.78 is 5.27. The second-order valence-electron chi connectivity index (χ2n) is 5.45. The molecule has 0 aliphatic heterocycles. The fourth-order valence-corrected chi connectivity index (χ4v) is 3.77. The lowest BCUT2D eigenvalue weighted by atomic mass is 10.1. The largest absolute Gasteiger partial charge is 0.481 e. The molecule has 0 spiro atoms. The Morgan fingerprint density at radius 3 is 2.80 bits per heavy atom. The Hall–Kier alpha value is -1.43. The molecule has 7 heteroatoms. The standard InChI is InChI=1S/C18H19Cl2N3OS/c1-24-16-6-5-14-18(23-16)17(21-8-2-9-25-10-7-19)13-4-3-12(20)11-15(13)22-14/h3-6,11H,2,7-10H2,1H3,(H,21,22). The van der Waals surface area contributed by atoms with Gasteiger partial charge in [0, 0.05) is 34.7 Å². The number of methoxy groups -OCH3 is 1. The van der Waals surface area contributed by atoms with Gasteiger partial charge in [0.15, 0.2) is 0 Å².